The molecular weight excluding hydrogens is 364 g/mol. The Morgan fingerprint density at radius 1 is 1.04 bits per heavy atom. The van der Waals surface area contributed by atoms with Gasteiger partial charge in [0.2, 0.25) is 0 Å². The number of urea groups is 1. The number of aliphatic hydroxyl groups is 1. The second-order valence-electron chi connectivity index (χ2n) is 6.37. The Kier molecular flexibility index (Phi) is 5.10. The molecule has 0 aromatic heterocycles. The van der Waals surface area contributed by atoms with Gasteiger partial charge >= 0.3 is 18.1 Å². The van der Waals surface area contributed by atoms with Gasteiger partial charge in [-0.15, -0.1) is 0 Å². The SMILES string of the molecule is O=C(Nc1ccccc1)N1CCCCc2cc(C(O)(F)C(F)(F)F)ccc21. The molecule has 4 nitrogen and oxygen atoms in total. The Bertz CT molecular complexity index is 822. The molecule has 0 saturated carbocycles. The molecule has 2 aromatic rings. The van der Waals surface area contributed by atoms with Crippen molar-refractivity contribution >= 4 is 17.4 Å². The van der Waals surface area contributed by atoms with Gasteiger partial charge in [-0.25, -0.2) is 4.79 Å². The number of anilines is 2. The van der Waals surface area contributed by atoms with Crippen LogP contribution >= 0.6 is 0 Å². The van der Waals surface area contributed by atoms with Crippen molar-refractivity contribution < 1.29 is 27.5 Å². The number of fused-ring (bicyclic) bond motifs is 1. The van der Waals surface area contributed by atoms with E-state index in [-0.39, 0.29) is 0 Å². The summed E-state index contributed by atoms with van der Waals surface area (Å²) in [4.78, 5) is 14.1. The lowest BCUT2D eigenvalue weighted by atomic mass is 9.99. The summed E-state index contributed by atoms with van der Waals surface area (Å²) in [5.41, 5.74) is 0.482. The largest absolute Gasteiger partial charge is 0.453 e. The number of alkyl halides is 4. The second-order valence-corrected chi connectivity index (χ2v) is 6.37. The number of benzene rings is 2. The molecule has 0 bridgehead atoms. The molecule has 1 unspecified atom stereocenters. The molecule has 2 aromatic carbocycles. The highest BCUT2D eigenvalue weighted by atomic mass is 19.4. The molecule has 1 heterocycles. The van der Waals surface area contributed by atoms with Gasteiger partial charge in [0.15, 0.2) is 0 Å². The number of carbonyl (C=O) groups is 1. The number of rotatable bonds is 2. The predicted octanol–water partition coefficient (Wildman–Crippen LogP) is 4.74. The predicted molar refractivity (Wildman–Crippen MR) is 93.2 cm³/mol. The number of aryl methyl sites for hydroxylation is 1. The van der Waals surface area contributed by atoms with Crippen LogP contribution in [0.4, 0.5) is 33.7 Å². The number of nitrogens with zero attached hydrogens (tertiary/aromatic N) is 1. The van der Waals surface area contributed by atoms with Gasteiger partial charge in [-0.05, 0) is 49.1 Å². The van der Waals surface area contributed by atoms with Crippen LogP contribution in [0.25, 0.3) is 0 Å². The quantitative estimate of drug-likeness (QED) is 0.738. The van der Waals surface area contributed by atoms with Crippen molar-refractivity contribution in [2.75, 3.05) is 16.8 Å². The van der Waals surface area contributed by atoms with Gasteiger partial charge in [-0.1, -0.05) is 24.3 Å². The topological polar surface area (TPSA) is 52.6 Å². The molecule has 0 aliphatic carbocycles. The molecule has 1 aliphatic rings. The first kappa shape index (κ1) is 19.2. The van der Waals surface area contributed by atoms with E-state index in [1.54, 1.807) is 30.3 Å². The zero-order valence-electron chi connectivity index (χ0n) is 14.3. The van der Waals surface area contributed by atoms with Gasteiger partial charge in [0.1, 0.15) is 0 Å². The van der Waals surface area contributed by atoms with E-state index < -0.39 is 23.6 Å². The molecule has 0 saturated heterocycles. The molecule has 0 fully saturated rings. The van der Waals surface area contributed by atoms with Crippen LogP contribution in [0.1, 0.15) is 24.0 Å². The van der Waals surface area contributed by atoms with Gasteiger partial charge in [0, 0.05) is 23.5 Å². The number of halogens is 4. The maximum atomic E-state index is 13.9. The van der Waals surface area contributed by atoms with E-state index in [9.17, 15) is 27.5 Å². The third kappa shape index (κ3) is 3.90. The van der Waals surface area contributed by atoms with E-state index in [2.05, 4.69) is 5.32 Å². The molecule has 0 radical (unpaired) electrons. The van der Waals surface area contributed by atoms with Crippen molar-refractivity contribution in [1.29, 1.82) is 0 Å². The summed E-state index contributed by atoms with van der Waals surface area (Å²) in [7, 11) is 0. The van der Waals surface area contributed by atoms with Crippen molar-refractivity contribution in [3.8, 4) is 0 Å². The molecular formula is C19H18F4N2O2. The number of para-hydroxylation sites is 1. The van der Waals surface area contributed by atoms with E-state index in [1.807, 2.05) is 0 Å². The molecule has 1 aliphatic heterocycles. The van der Waals surface area contributed by atoms with Crippen LogP contribution in [-0.4, -0.2) is 23.9 Å². The monoisotopic (exact) mass is 382 g/mol. The van der Waals surface area contributed by atoms with Crippen molar-refractivity contribution in [3.63, 3.8) is 0 Å². The summed E-state index contributed by atoms with van der Waals surface area (Å²) < 4.78 is 52.2. The minimum absolute atomic E-state index is 0.379. The Hall–Kier alpha value is -2.61. The summed E-state index contributed by atoms with van der Waals surface area (Å²) in [5.74, 6) is -4.44. The lowest BCUT2D eigenvalue weighted by Crippen LogP contribution is -2.38. The van der Waals surface area contributed by atoms with Crippen LogP contribution in [0.15, 0.2) is 48.5 Å². The second kappa shape index (κ2) is 7.19. The minimum atomic E-state index is -5.45. The third-order valence-corrected chi connectivity index (χ3v) is 4.48. The highest BCUT2D eigenvalue weighted by Crippen LogP contribution is 2.42. The highest BCUT2D eigenvalue weighted by Gasteiger charge is 2.56. The van der Waals surface area contributed by atoms with Crippen LogP contribution in [0.3, 0.4) is 0 Å². The lowest BCUT2D eigenvalue weighted by molar-refractivity contribution is -0.323. The molecule has 144 valence electrons. The van der Waals surface area contributed by atoms with Crippen molar-refractivity contribution in [1.82, 2.24) is 0 Å². The van der Waals surface area contributed by atoms with Crippen molar-refractivity contribution in [2.45, 2.75) is 31.3 Å². The third-order valence-electron chi connectivity index (χ3n) is 4.48. The van der Waals surface area contributed by atoms with Crippen LogP contribution in [0, 0.1) is 0 Å². The Balaban J connectivity index is 1.92. The first-order valence-corrected chi connectivity index (χ1v) is 8.45. The summed E-state index contributed by atoms with van der Waals surface area (Å²) in [5, 5.41) is 12.0. The number of hydrogen-bond acceptors (Lipinski definition) is 2. The zero-order chi connectivity index (χ0) is 19.7. The van der Waals surface area contributed by atoms with E-state index >= 15 is 0 Å². The maximum absolute atomic E-state index is 13.9. The molecule has 1 atom stereocenters. The first-order chi connectivity index (χ1) is 12.7. The van der Waals surface area contributed by atoms with Crippen molar-refractivity contribution in [2.24, 2.45) is 0 Å². The fourth-order valence-electron chi connectivity index (χ4n) is 3.05. The summed E-state index contributed by atoms with van der Waals surface area (Å²) >= 11 is 0. The summed E-state index contributed by atoms with van der Waals surface area (Å²) in [6, 6.07) is 11.4. The fourth-order valence-corrected chi connectivity index (χ4v) is 3.05. The van der Waals surface area contributed by atoms with Crippen molar-refractivity contribution in [3.05, 3.63) is 59.7 Å². The van der Waals surface area contributed by atoms with E-state index in [1.165, 1.54) is 11.0 Å². The molecule has 8 heteroatoms. The number of carbonyl (C=O) groups excluding carboxylic acids is 1. The Morgan fingerprint density at radius 3 is 2.41 bits per heavy atom. The number of nitrogens with one attached hydrogen (secondary N) is 1. The number of amides is 2. The maximum Gasteiger partial charge on any atom is 0.453 e. The van der Waals surface area contributed by atoms with Gasteiger partial charge in [-0.3, -0.25) is 4.90 Å². The lowest BCUT2D eigenvalue weighted by Gasteiger charge is -2.26. The highest BCUT2D eigenvalue weighted by molar-refractivity contribution is 6.02. The van der Waals surface area contributed by atoms with Gasteiger partial charge in [-0.2, -0.15) is 17.6 Å². The van der Waals surface area contributed by atoms with E-state index in [0.717, 1.165) is 12.1 Å². The van der Waals surface area contributed by atoms with Crippen LogP contribution in [0.2, 0.25) is 0 Å². The Morgan fingerprint density at radius 2 is 1.74 bits per heavy atom. The first-order valence-electron chi connectivity index (χ1n) is 8.45. The van der Waals surface area contributed by atoms with Crippen LogP contribution in [-0.2, 0) is 12.3 Å². The average molecular weight is 382 g/mol. The van der Waals surface area contributed by atoms with E-state index in [4.69, 9.17) is 0 Å². The average Bonchev–Trinajstić information content (AvgIpc) is 2.83. The smallest absolute Gasteiger partial charge is 0.351 e. The number of hydrogen-bond donors (Lipinski definition) is 2. The van der Waals surface area contributed by atoms with Gasteiger partial charge < -0.3 is 10.4 Å². The Labute approximate surface area is 153 Å². The molecule has 2 amide bonds. The normalized spacial score (nSPS) is 16.9. The van der Waals surface area contributed by atoms with Gasteiger partial charge in [0.05, 0.1) is 0 Å². The van der Waals surface area contributed by atoms with E-state index in [0.29, 0.717) is 42.7 Å². The molecule has 3 rings (SSSR count). The molecule has 0 spiro atoms. The standard InChI is InChI=1S/C19H18F4N2O2/c20-18(27,19(21,22)23)14-9-10-16-13(12-14)6-4-5-11-25(16)17(26)24-15-7-2-1-3-8-15/h1-3,7-10,12,27H,4-6,11H2,(H,24,26). The fraction of sp³-hybridized carbons (Fsp3) is 0.316. The van der Waals surface area contributed by atoms with Gasteiger partial charge in [0.25, 0.3) is 0 Å². The van der Waals surface area contributed by atoms with Crippen LogP contribution < -0.4 is 10.2 Å². The minimum Gasteiger partial charge on any atom is -0.351 e. The molecule has 2 N–H and O–H groups in total. The summed E-state index contributed by atoms with van der Waals surface area (Å²) in [6.07, 6.45) is -3.80. The van der Waals surface area contributed by atoms with Crippen LogP contribution in [0.5, 0.6) is 0 Å². The zero-order valence-corrected chi connectivity index (χ0v) is 14.3. The summed E-state index contributed by atoms with van der Waals surface area (Å²) in [6.45, 7) is 0.379. The molecule has 27 heavy (non-hydrogen) atoms.